The van der Waals surface area contributed by atoms with E-state index in [9.17, 15) is 9.18 Å². The number of nitrogens with zero attached hydrogens (tertiary/aromatic N) is 4. The maximum atomic E-state index is 12.9. The molecule has 0 bridgehead atoms. The summed E-state index contributed by atoms with van der Waals surface area (Å²) >= 11 is 0. The van der Waals surface area contributed by atoms with Crippen molar-refractivity contribution < 1.29 is 18.7 Å². The van der Waals surface area contributed by atoms with Crippen LogP contribution in [0.4, 0.5) is 4.39 Å². The van der Waals surface area contributed by atoms with E-state index in [0.717, 1.165) is 11.1 Å². The molecule has 2 aromatic carbocycles. The number of benzene rings is 2. The zero-order chi connectivity index (χ0) is 21.6. The summed E-state index contributed by atoms with van der Waals surface area (Å²) in [5.74, 6) is 1.07. The van der Waals surface area contributed by atoms with E-state index in [-0.39, 0.29) is 24.8 Å². The van der Waals surface area contributed by atoms with Crippen LogP contribution in [0.15, 0.2) is 60.7 Å². The van der Waals surface area contributed by atoms with Crippen molar-refractivity contribution in [2.24, 2.45) is 0 Å². The second kappa shape index (κ2) is 9.21. The van der Waals surface area contributed by atoms with E-state index in [2.05, 4.69) is 20.6 Å². The first-order valence-electron chi connectivity index (χ1n) is 9.64. The smallest absolute Gasteiger partial charge is 0.231 e. The SMILES string of the molecule is COc1ccccc1-c1nnc2ccc(OCCNC(=O)Cc3ccc(F)cc3)nn12. The molecule has 0 radical (unpaired) electrons. The van der Waals surface area contributed by atoms with E-state index in [1.54, 1.807) is 35.9 Å². The fourth-order valence-corrected chi connectivity index (χ4v) is 3.04. The van der Waals surface area contributed by atoms with Crippen LogP contribution < -0.4 is 14.8 Å². The lowest BCUT2D eigenvalue weighted by Crippen LogP contribution is -2.29. The second-order valence-corrected chi connectivity index (χ2v) is 6.67. The Hall–Kier alpha value is -4.01. The Labute approximate surface area is 177 Å². The van der Waals surface area contributed by atoms with Gasteiger partial charge in [0.15, 0.2) is 11.5 Å². The second-order valence-electron chi connectivity index (χ2n) is 6.67. The Balaban J connectivity index is 1.37. The van der Waals surface area contributed by atoms with Gasteiger partial charge < -0.3 is 14.8 Å². The van der Waals surface area contributed by atoms with Crippen LogP contribution in [-0.4, -0.2) is 46.0 Å². The zero-order valence-electron chi connectivity index (χ0n) is 16.8. The molecule has 0 saturated carbocycles. The average Bonchev–Trinajstić information content (AvgIpc) is 3.21. The van der Waals surface area contributed by atoms with Crippen LogP contribution in [0.2, 0.25) is 0 Å². The van der Waals surface area contributed by atoms with Crippen molar-refractivity contribution in [1.29, 1.82) is 0 Å². The highest BCUT2D eigenvalue weighted by Crippen LogP contribution is 2.28. The number of methoxy groups -OCH3 is 1. The molecule has 0 atom stereocenters. The molecule has 0 spiro atoms. The summed E-state index contributed by atoms with van der Waals surface area (Å²) in [6.07, 6.45) is 0.174. The lowest BCUT2D eigenvalue weighted by molar-refractivity contribution is -0.120. The molecule has 0 aliphatic carbocycles. The molecule has 2 aromatic heterocycles. The number of hydrogen-bond acceptors (Lipinski definition) is 6. The summed E-state index contributed by atoms with van der Waals surface area (Å²) < 4.78 is 25.6. The van der Waals surface area contributed by atoms with Crippen LogP contribution in [-0.2, 0) is 11.2 Å². The largest absolute Gasteiger partial charge is 0.496 e. The molecule has 0 saturated heterocycles. The molecule has 8 nitrogen and oxygen atoms in total. The molecule has 0 fully saturated rings. The number of aromatic nitrogens is 4. The lowest BCUT2D eigenvalue weighted by atomic mass is 10.1. The number of carbonyl (C=O) groups excluding carboxylic acids is 1. The number of amides is 1. The van der Waals surface area contributed by atoms with Gasteiger partial charge in [0.1, 0.15) is 18.2 Å². The molecule has 1 amide bonds. The first-order valence-corrected chi connectivity index (χ1v) is 9.64. The van der Waals surface area contributed by atoms with Crippen LogP contribution in [0.3, 0.4) is 0 Å². The van der Waals surface area contributed by atoms with Crippen molar-refractivity contribution in [3.63, 3.8) is 0 Å². The summed E-state index contributed by atoms with van der Waals surface area (Å²) in [6, 6.07) is 16.7. The molecule has 0 unspecified atom stereocenters. The number of para-hydroxylation sites is 1. The molecule has 31 heavy (non-hydrogen) atoms. The minimum atomic E-state index is -0.330. The Morgan fingerprint density at radius 2 is 1.87 bits per heavy atom. The predicted octanol–water partition coefficient (Wildman–Crippen LogP) is 2.68. The quantitative estimate of drug-likeness (QED) is 0.440. The molecule has 2 heterocycles. The Kier molecular flexibility index (Phi) is 6.02. The maximum absolute atomic E-state index is 12.9. The minimum Gasteiger partial charge on any atom is -0.496 e. The number of hydrogen-bond donors (Lipinski definition) is 1. The molecule has 9 heteroatoms. The maximum Gasteiger partial charge on any atom is 0.231 e. The predicted molar refractivity (Wildman–Crippen MR) is 111 cm³/mol. The normalized spacial score (nSPS) is 10.8. The summed E-state index contributed by atoms with van der Waals surface area (Å²) in [5, 5.41) is 15.6. The van der Waals surface area contributed by atoms with Crippen LogP contribution in [0.5, 0.6) is 11.6 Å². The monoisotopic (exact) mass is 421 g/mol. The summed E-state index contributed by atoms with van der Waals surface area (Å²) in [7, 11) is 1.59. The standard InChI is InChI=1S/C22H20FN5O3/c1-30-18-5-3-2-4-17(18)22-26-25-19-10-11-21(27-28(19)22)31-13-12-24-20(29)14-15-6-8-16(23)9-7-15/h2-11H,12-14H2,1H3,(H,24,29). The van der Waals surface area contributed by atoms with Crippen molar-refractivity contribution in [2.75, 3.05) is 20.3 Å². The Bertz CT molecular complexity index is 1190. The van der Waals surface area contributed by atoms with E-state index in [0.29, 0.717) is 29.6 Å². The third-order valence-electron chi connectivity index (χ3n) is 4.54. The summed E-state index contributed by atoms with van der Waals surface area (Å²) in [4.78, 5) is 12.0. The fraction of sp³-hybridized carbons (Fsp3) is 0.182. The van der Waals surface area contributed by atoms with Gasteiger partial charge in [0.25, 0.3) is 0 Å². The number of rotatable bonds is 8. The minimum absolute atomic E-state index is 0.170. The van der Waals surface area contributed by atoms with Crippen molar-refractivity contribution in [2.45, 2.75) is 6.42 Å². The summed E-state index contributed by atoms with van der Waals surface area (Å²) in [6.45, 7) is 0.543. The van der Waals surface area contributed by atoms with Crippen molar-refractivity contribution in [3.8, 4) is 23.0 Å². The molecule has 4 aromatic rings. The highest BCUT2D eigenvalue weighted by Gasteiger charge is 2.14. The third kappa shape index (κ3) is 4.77. The molecule has 0 aliphatic heterocycles. The van der Waals surface area contributed by atoms with Crippen molar-refractivity contribution in [1.82, 2.24) is 25.1 Å². The molecule has 158 valence electrons. The first-order chi connectivity index (χ1) is 15.1. The number of fused-ring (bicyclic) bond motifs is 1. The topological polar surface area (TPSA) is 90.6 Å². The van der Waals surface area contributed by atoms with E-state index in [1.807, 2.05) is 24.3 Å². The van der Waals surface area contributed by atoms with Gasteiger partial charge in [-0.3, -0.25) is 4.79 Å². The Morgan fingerprint density at radius 1 is 1.06 bits per heavy atom. The van der Waals surface area contributed by atoms with Crippen molar-refractivity contribution >= 4 is 11.6 Å². The van der Waals surface area contributed by atoms with Gasteiger partial charge in [-0.05, 0) is 35.9 Å². The molecule has 0 aliphatic rings. The molecule has 4 rings (SSSR count). The van der Waals surface area contributed by atoms with Gasteiger partial charge in [0.2, 0.25) is 11.8 Å². The lowest BCUT2D eigenvalue weighted by Gasteiger charge is -2.09. The van der Waals surface area contributed by atoms with Gasteiger partial charge in [-0.2, -0.15) is 4.52 Å². The van der Waals surface area contributed by atoms with Crippen LogP contribution in [0.1, 0.15) is 5.56 Å². The van der Waals surface area contributed by atoms with E-state index >= 15 is 0 Å². The number of carbonyl (C=O) groups is 1. The van der Waals surface area contributed by atoms with E-state index in [4.69, 9.17) is 9.47 Å². The average molecular weight is 421 g/mol. The van der Waals surface area contributed by atoms with Crippen molar-refractivity contribution in [3.05, 3.63) is 72.0 Å². The fourth-order valence-electron chi connectivity index (χ4n) is 3.04. The van der Waals surface area contributed by atoms with Gasteiger partial charge >= 0.3 is 0 Å². The highest BCUT2D eigenvalue weighted by atomic mass is 19.1. The van der Waals surface area contributed by atoms with Gasteiger partial charge in [-0.15, -0.1) is 15.3 Å². The number of halogens is 1. The van der Waals surface area contributed by atoms with Crippen LogP contribution in [0.25, 0.3) is 17.0 Å². The van der Waals surface area contributed by atoms with Crippen LogP contribution in [0, 0.1) is 5.82 Å². The number of ether oxygens (including phenoxy) is 2. The molecule has 1 N–H and O–H groups in total. The molecular weight excluding hydrogens is 401 g/mol. The highest BCUT2D eigenvalue weighted by molar-refractivity contribution is 5.78. The zero-order valence-corrected chi connectivity index (χ0v) is 16.8. The van der Waals surface area contributed by atoms with Gasteiger partial charge in [0.05, 0.1) is 25.6 Å². The first kappa shape index (κ1) is 20.3. The van der Waals surface area contributed by atoms with Crippen LogP contribution >= 0.6 is 0 Å². The Morgan fingerprint density at radius 3 is 2.68 bits per heavy atom. The summed E-state index contributed by atoms with van der Waals surface area (Å²) in [5.41, 5.74) is 2.07. The number of nitrogens with one attached hydrogen (secondary N) is 1. The van der Waals surface area contributed by atoms with E-state index in [1.165, 1.54) is 12.1 Å². The van der Waals surface area contributed by atoms with Gasteiger partial charge in [0, 0.05) is 6.07 Å². The van der Waals surface area contributed by atoms with Gasteiger partial charge in [-0.25, -0.2) is 4.39 Å². The molecular formula is C22H20FN5O3. The van der Waals surface area contributed by atoms with Gasteiger partial charge in [-0.1, -0.05) is 24.3 Å². The third-order valence-corrected chi connectivity index (χ3v) is 4.54. The van der Waals surface area contributed by atoms with E-state index < -0.39 is 0 Å².